The van der Waals surface area contributed by atoms with Crippen LogP contribution >= 0.6 is 12.2 Å². The Balaban J connectivity index is 2.13. The maximum Gasteiger partial charge on any atom is 0.251 e. The number of carbonyl (C=O) groups is 1. The molecule has 9 nitrogen and oxygen atoms in total. The lowest BCUT2D eigenvalue weighted by molar-refractivity contribution is -0.120. The van der Waals surface area contributed by atoms with Gasteiger partial charge in [0, 0.05) is 23.9 Å². The van der Waals surface area contributed by atoms with Crippen LogP contribution < -0.4 is 25.2 Å². The molecule has 0 fully saturated rings. The van der Waals surface area contributed by atoms with Crippen LogP contribution in [0.4, 0.5) is 0 Å². The van der Waals surface area contributed by atoms with E-state index in [-0.39, 0.29) is 16.8 Å². The van der Waals surface area contributed by atoms with Gasteiger partial charge in [0.25, 0.3) is 5.56 Å². The number of benzene rings is 1. The molecule has 2 aromatic rings. The standard InChI is InChI=1S/C16H18N4O5S/c1-23-10-6-12(24-2)11(13(7-10)25-3)8-17-20-15(22)5-9-4-14(21)19-16(26)18-9/h4,6-8H,5H2,1-3H3,(H,20,22)(H2,18,19,21,26)/b17-8-. The van der Waals surface area contributed by atoms with E-state index in [0.29, 0.717) is 28.5 Å². The highest BCUT2D eigenvalue weighted by atomic mass is 32.1. The minimum atomic E-state index is -0.427. The quantitative estimate of drug-likeness (QED) is 0.378. The molecule has 1 amide bonds. The number of hydrogen-bond donors (Lipinski definition) is 3. The molecule has 1 aromatic heterocycles. The van der Waals surface area contributed by atoms with Crippen molar-refractivity contribution in [2.75, 3.05) is 21.3 Å². The topological polar surface area (TPSA) is 118 Å². The lowest BCUT2D eigenvalue weighted by atomic mass is 10.2. The molecule has 0 bridgehead atoms. The molecule has 0 aliphatic heterocycles. The number of amides is 1. The van der Waals surface area contributed by atoms with Crippen LogP contribution in [0, 0.1) is 4.77 Å². The summed E-state index contributed by atoms with van der Waals surface area (Å²) in [5.41, 5.74) is 2.90. The zero-order chi connectivity index (χ0) is 19.1. The molecule has 10 heteroatoms. The van der Waals surface area contributed by atoms with Gasteiger partial charge in [-0.3, -0.25) is 14.6 Å². The third-order valence-corrected chi connectivity index (χ3v) is 3.51. The zero-order valence-electron chi connectivity index (χ0n) is 14.4. The van der Waals surface area contributed by atoms with Crippen molar-refractivity contribution in [3.05, 3.63) is 44.6 Å². The van der Waals surface area contributed by atoms with Gasteiger partial charge in [-0.2, -0.15) is 5.10 Å². The molecule has 1 heterocycles. The minimum absolute atomic E-state index is 0.0816. The average molecular weight is 378 g/mol. The third-order valence-electron chi connectivity index (χ3n) is 3.30. The van der Waals surface area contributed by atoms with Crippen molar-refractivity contribution < 1.29 is 19.0 Å². The van der Waals surface area contributed by atoms with Crippen LogP contribution in [0.15, 0.2) is 28.1 Å². The van der Waals surface area contributed by atoms with Crippen LogP contribution in [0.1, 0.15) is 11.3 Å². The van der Waals surface area contributed by atoms with Crippen LogP contribution in [0.5, 0.6) is 17.2 Å². The maximum absolute atomic E-state index is 12.0. The predicted octanol–water partition coefficient (Wildman–Crippen LogP) is 1.15. The molecule has 0 spiro atoms. The number of aromatic amines is 2. The molecule has 1 aromatic carbocycles. The van der Waals surface area contributed by atoms with Gasteiger partial charge >= 0.3 is 0 Å². The summed E-state index contributed by atoms with van der Waals surface area (Å²) in [5, 5.41) is 3.90. The lowest BCUT2D eigenvalue weighted by Crippen LogP contribution is -2.22. The Labute approximate surface area is 154 Å². The monoisotopic (exact) mass is 378 g/mol. The van der Waals surface area contributed by atoms with E-state index in [2.05, 4.69) is 20.5 Å². The molecule has 3 N–H and O–H groups in total. The summed E-state index contributed by atoms with van der Waals surface area (Å²) < 4.78 is 15.9. The van der Waals surface area contributed by atoms with Gasteiger partial charge in [-0.05, 0) is 12.2 Å². The Morgan fingerprint density at radius 2 is 1.81 bits per heavy atom. The number of hydrogen-bond acceptors (Lipinski definition) is 7. The molecule has 0 unspecified atom stereocenters. The van der Waals surface area contributed by atoms with Crippen molar-refractivity contribution in [1.29, 1.82) is 0 Å². The van der Waals surface area contributed by atoms with Crippen LogP contribution in [0.25, 0.3) is 0 Å². The molecule has 0 saturated heterocycles. The van der Waals surface area contributed by atoms with E-state index in [1.165, 1.54) is 33.6 Å². The van der Waals surface area contributed by atoms with Gasteiger partial charge in [-0.1, -0.05) is 0 Å². The first kappa shape index (κ1) is 19.2. The fourth-order valence-corrected chi connectivity index (χ4v) is 2.39. The van der Waals surface area contributed by atoms with E-state index >= 15 is 0 Å². The summed E-state index contributed by atoms with van der Waals surface area (Å²) in [6.07, 6.45) is 1.32. The van der Waals surface area contributed by atoms with Crippen molar-refractivity contribution in [2.24, 2.45) is 5.10 Å². The van der Waals surface area contributed by atoms with Crippen molar-refractivity contribution in [1.82, 2.24) is 15.4 Å². The highest BCUT2D eigenvalue weighted by molar-refractivity contribution is 7.71. The number of H-pyrrole nitrogens is 2. The summed E-state index contributed by atoms with van der Waals surface area (Å²) >= 11 is 4.86. The first-order valence-electron chi connectivity index (χ1n) is 7.41. The molecular weight excluding hydrogens is 360 g/mol. The number of nitrogens with zero attached hydrogens (tertiary/aromatic N) is 1. The number of methoxy groups -OCH3 is 3. The van der Waals surface area contributed by atoms with E-state index in [4.69, 9.17) is 26.4 Å². The highest BCUT2D eigenvalue weighted by Crippen LogP contribution is 2.32. The van der Waals surface area contributed by atoms with Crippen molar-refractivity contribution >= 4 is 24.3 Å². The normalized spacial score (nSPS) is 10.6. The Morgan fingerprint density at radius 3 is 2.35 bits per heavy atom. The van der Waals surface area contributed by atoms with E-state index in [0.717, 1.165) is 0 Å². The van der Waals surface area contributed by atoms with Gasteiger partial charge in [-0.15, -0.1) is 0 Å². The largest absolute Gasteiger partial charge is 0.496 e. The van der Waals surface area contributed by atoms with Crippen molar-refractivity contribution in [2.45, 2.75) is 6.42 Å². The second-order valence-corrected chi connectivity index (χ2v) is 5.44. The molecule has 0 radical (unpaired) electrons. The molecule has 0 saturated carbocycles. The summed E-state index contributed by atoms with van der Waals surface area (Å²) in [6.45, 7) is 0. The maximum atomic E-state index is 12.0. The number of carbonyl (C=O) groups excluding carboxylic acids is 1. The van der Waals surface area contributed by atoms with Gasteiger partial charge in [0.05, 0.1) is 39.5 Å². The molecule has 0 atom stereocenters. The number of nitrogens with one attached hydrogen (secondary N) is 3. The molecule has 26 heavy (non-hydrogen) atoms. The smallest absolute Gasteiger partial charge is 0.251 e. The van der Waals surface area contributed by atoms with E-state index in [1.807, 2.05) is 0 Å². The number of aromatic nitrogens is 2. The fourth-order valence-electron chi connectivity index (χ4n) is 2.16. The molecule has 0 aliphatic carbocycles. The fraction of sp³-hybridized carbons (Fsp3) is 0.250. The van der Waals surface area contributed by atoms with Crippen molar-refractivity contribution in [3.8, 4) is 17.2 Å². The number of ether oxygens (including phenoxy) is 3. The number of rotatable bonds is 7. The summed E-state index contributed by atoms with van der Waals surface area (Å²) in [6, 6.07) is 4.60. The summed E-state index contributed by atoms with van der Waals surface area (Å²) in [7, 11) is 4.53. The Kier molecular flexibility index (Phi) is 6.50. The lowest BCUT2D eigenvalue weighted by Gasteiger charge is -2.12. The SMILES string of the molecule is COc1cc(OC)c(/C=N\NC(=O)Cc2cc(=O)[nH]c(=S)[nH]2)c(OC)c1. The Hall–Kier alpha value is -3.14. The van der Waals surface area contributed by atoms with Gasteiger partial charge < -0.3 is 19.2 Å². The first-order valence-corrected chi connectivity index (χ1v) is 7.82. The van der Waals surface area contributed by atoms with Gasteiger partial charge in [0.1, 0.15) is 17.2 Å². The second kappa shape index (κ2) is 8.81. The first-order chi connectivity index (χ1) is 12.5. The average Bonchev–Trinajstić information content (AvgIpc) is 2.60. The molecule has 2 rings (SSSR count). The molecular formula is C16H18N4O5S. The van der Waals surface area contributed by atoms with Crippen LogP contribution in [-0.2, 0) is 11.2 Å². The van der Waals surface area contributed by atoms with Gasteiger partial charge in [0.15, 0.2) is 4.77 Å². The van der Waals surface area contributed by atoms with Crippen molar-refractivity contribution in [3.63, 3.8) is 0 Å². The summed E-state index contributed by atoms with van der Waals surface area (Å²) in [4.78, 5) is 28.4. The molecule has 0 aliphatic rings. The van der Waals surface area contributed by atoms with E-state index in [1.54, 1.807) is 12.1 Å². The third kappa shape index (κ3) is 4.93. The van der Waals surface area contributed by atoms with Crippen LogP contribution in [0.3, 0.4) is 0 Å². The van der Waals surface area contributed by atoms with Gasteiger partial charge in [-0.25, -0.2) is 5.43 Å². The molecule has 138 valence electrons. The number of hydrazone groups is 1. The summed E-state index contributed by atoms with van der Waals surface area (Å²) in [5.74, 6) is 1.07. The second-order valence-electron chi connectivity index (χ2n) is 5.03. The minimum Gasteiger partial charge on any atom is -0.496 e. The Morgan fingerprint density at radius 1 is 1.15 bits per heavy atom. The van der Waals surface area contributed by atoms with Crippen LogP contribution in [0.2, 0.25) is 0 Å². The zero-order valence-corrected chi connectivity index (χ0v) is 15.2. The predicted molar refractivity (Wildman–Crippen MR) is 97.8 cm³/mol. The van der Waals surface area contributed by atoms with Gasteiger partial charge in [0.2, 0.25) is 5.91 Å². The van der Waals surface area contributed by atoms with E-state index < -0.39 is 5.91 Å². The van der Waals surface area contributed by atoms with E-state index in [9.17, 15) is 9.59 Å². The highest BCUT2D eigenvalue weighted by Gasteiger charge is 2.11. The van der Waals surface area contributed by atoms with Crippen LogP contribution in [-0.4, -0.2) is 43.4 Å². The Bertz CT molecular complexity index is 881.